The van der Waals surface area contributed by atoms with E-state index in [0.717, 1.165) is 82.9 Å². The molecule has 0 N–H and O–H groups in total. The summed E-state index contributed by atoms with van der Waals surface area (Å²) < 4.78 is 9.77. The molecule has 8 aromatic rings. The molecule has 0 radical (unpaired) electrons. The summed E-state index contributed by atoms with van der Waals surface area (Å²) in [6.07, 6.45) is 22.6. The number of hydrogen-bond acceptors (Lipinski definition) is 10. The molecule has 8 heterocycles. The normalized spacial score (nSPS) is 14.4. The van der Waals surface area contributed by atoms with Crippen molar-refractivity contribution in [2.75, 3.05) is 0 Å². The van der Waals surface area contributed by atoms with Crippen LogP contribution in [0.1, 0.15) is 119 Å². The third kappa shape index (κ3) is 13.3. The van der Waals surface area contributed by atoms with E-state index in [4.69, 9.17) is 26.6 Å². The molecule has 0 spiro atoms. The first-order valence-electron chi connectivity index (χ1n) is 25.9. The Morgan fingerprint density at radius 2 is 1.01 bits per heavy atom. The van der Waals surface area contributed by atoms with Crippen molar-refractivity contribution in [2.24, 2.45) is 10.8 Å². The van der Waals surface area contributed by atoms with Crippen LogP contribution >= 0.6 is 11.6 Å². The van der Waals surface area contributed by atoms with Crippen LogP contribution in [0.2, 0.25) is 18.6 Å². The standard InChI is InChI=1S/C23H21N5O.C18H17ClN4O.C5H4N.3C4H9.CH4.Sn/c1-23(2)9-8-20-27-19-11-15(6-7-17(19)22(29)28(20)14-23)16-12-25-21(26-13-16)18-5-3-4-10-24-18;1-18(2)6-5-15-22-14-7-11(12-8-20-17(19)21-9-12)3-4-13(14)16(24)23(15)10-18;1-2-4-6-5-3-1;3*1-3-4-2;;/h3-7,10-13H,8-9,14H2,1-2H3;3-4,7-9H,5-6,10H2,1-2H3;1-4H;3*1,3-4H2,2H3;1H4;. The maximum absolute atomic E-state index is 13.0. The molecule has 10 rings (SSSR count). The van der Waals surface area contributed by atoms with Crippen molar-refractivity contribution in [1.29, 1.82) is 0 Å². The fourth-order valence-electron chi connectivity index (χ4n) is 10.1. The van der Waals surface area contributed by atoms with Crippen LogP contribution in [0.15, 0.2) is 120 Å². The van der Waals surface area contributed by atoms with Gasteiger partial charge in [-0.25, -0.2) is 29.9 Å². The van der Waals surface area contributed by atoms with Gasteiger partial charge in [0.2, 0.25) is 5.28 Å². The molecule has 0 aliphatic carbocycles. The number of aryl methyl sites for hydroxylation is 2. The van der Waals surface area contributed by atoms with Crippen LogP contribution in [-0.4, -0.2) is 67.4 Å². The Balaban J connectivity index is 0.000000163. The van der Waals surface area contributed by atoms with E-state index in [1.54, 1.807) is 34.7 Å². The molecule has 382 valence electrons. The van der Waals surface area contributed by atoms with Gasteiger partial charge in [-0.05, 0) is 82.8 Å². The van der Waals surface area contributed by atoms with Crippen LogP contribution in [0, 0.1) is 10.8 Å². The van der Waals surface area contributed by atoms with Gasteiger partial charge in [0.15, 0.2) is 5.82 Å². The number of pyridine rings is 2. The van der Waals surface area contributed by atoms with Gasteiger partial charge in [-0.1, -0.05) is 53.3 Å². The van der Waals surface area contributed by atoms with Crippen molar-refractivity contribution >= 4 is 55.5 Å². The van der Waals surface area contributed by atoms with E-state index >= 15 is 0 Å². The van der Waals surface area contributed by atoms with E-state index < -0.39 is 18.4 Å². The van der Waals surface area contributed by atoms with Crippen molar-refractivity contribution in [3.05, 3.63) is 148 Å². The third-order valence-corrected chi connectivity index (χ3v) is 29.7. The van der Waals surface area contributed by atoms with Crippen LogP contribution < -0.4 is 14.8 Å². The fourth-order valence-corrected chi connectivity index (χ4v) is 25.6. The Morgan fingerprint density at radius 3 is 1.44 bits per heavy atom. The summed E-state index contributed by atoms with van der Waals surface area (Å²) >= 11 is 3.53. The topological polar surface area (TPSA) is 147 Å². The molecule has 0 fully saturated rings. The van der Waals surface area contributed by atoms with Gasteiger partial charge in [-0.3, -0.25) is 23.7 Å². The Hall–Kier alpha value is -5.73. The molecule has 12 nitrogen and oxygen atoms in total. The second kappa shape index (κ2) is 24.5. The zero-order valence-electron chi connectivity index (χ0n) is 43.2. The molecule has 0 atom stereocenters. The fraction of sp³-hybridized carbons (Fsp3) is 0.424. The Bertz CT molecular complexity index is 3200. The first-order chi connectivity index (χ1) is 34.7. The first kappa shape index (κ1) is 55.0. The van der Waals surface area contributed by atoms with E-state index in [-0.39, 0.29) is 34.7 Å². The zero-order chi connectivity index (χ0) is 50.9. The molecule has 0 unspecified atom stereocenters. The average molecular weight is 1110 g/mol. The molecule has 0 saturated heterocycles. The van der Waals surface area contributed by atoms with Crippen LogP contribution in [0.5, 0.6) is 0 Å². The predicted molar refractivity (Wildman–Crippen MR) is 302 cm³/mol. The molecule has 0 bridgehead atoms. The predicted octanol–water partition coefficient (Wildman–Crippen LogP) is 13.1. The van der Waals surface area contributed by atoms with Crippen molar-refractivity contribution in [1.82, 2.24) is 49.0 Å². The number of hydrogen-bond donors (Lipinski definition) is 0. The SMILES string of the molecule is C.CC1(C)CCc2nc3cc(-c4cnc(-c5ccccn5)nc4)ccc3c(=O)n2C1.CC1(C)CCc2nc3cc(-c4cnc(Cl)nc4)ccc3c(=O)n2C1.CCC[CH2][Sn]([CH2]CCC)([CH2]CCC)[c]1ccccn1. The van der Waals surface area contributed by atoms with Gasteiger partial charge in [-0.2, -0.15) is 0 Å². The van der Waals surface area contributed by atoms with Crippen LogP contribution in [0.4, 0.5) is 0 Å². The van der Waals surface area contributed by atoms with E-state index in [9.17, 15) is 9.59 Å². The quantitative estimate of drug-likeness (QED) is 0.0807. The summed E-state index contributed by atoms with van der Waals surface area (Å²) in [7, 11) is 0. The van der Waals surface area contributed by atoms with E-state index in [1.165, 1.54) is 51.8 Å². The zero-order valence-corrected chi connectivity index (χ0v) is 46.8. The van der Waals surface area contributed by atoms with Gasteiger partial charge in [0.05, 0.1) is 21.8 Å². The van der Waals surface area contributed by atoms with Crippen LogP contribution in [-0.2, 0) is 25.9 Å². The van der Waals surface area contributed by atoms with Gasteiger partial charge in [-0.15, -0.1) is 0 Å². The van der Waals surface area contributed by atoms with E-state index in [2.05, 4.69) is 91.6 Å². The average Bonchev–Trinajstić information content (AvgIpc) is 3.40. The number of fused-ring (bicyclic) bond motifs is 4. The van der Waals surface area contributed by atoms with Crippen molar-refractivity contribution in [3.8, 4) is 33.8 Å². The number of rotatable bonds is 13. The number of halogens is 1. The summed E-state index contributed by atoms with van der Waals surface area (Å²) in [6, 6.07) is 23.7. The third-order valence-electron chi connectivity index (χ3n) is 14.4. The molecule has 2 aliphatic rings. The van der Waals surface area contributed by atoms with Crippen LogP contribution in [0.3, 0.4) is 0 Å². The van der Waals surface area contributed by atoms with Crippen molar-refractivity contribution in [3.63, 3.8) is 0 Å². The van der Waals surface area contributed by atoms with Gasteiger partial charge in [0, 0.05) is 68.0 Å². The number of nitrogens with zero attached hydrogens (tertiary/aromatic N) is 10. The molecule has 2 aliphatic heterocycles. The maximum atomic E-state index is 13.0. The second-order valence-electron chi connectivity index (χ2n) is 21.2. The molecular weight excluding hydrogens is 1030 g/mol. The molecule has 2 aromatic carbocycles. The summed E-state index contributed by atoms with van der Waals surface area (Å²) in [5.41, 5.74) is 6.13. The second-order valence-corrected chi connectivity index (χ2v) is 34.6. The molecular formula is C59H73ClN10O2Sn. The van der Waals surface area contributed by atoms with Gasteiger partial charge in [0.25, 0.3) is 11.1 Å². The minimum absolute atomic E-state index is 0. The van der Waals surface area contributed by atoms with Crippen molar-refractivity contribution in [2.45, 2.75) is 147 Å². The number of aromatic nitrogens is 10. The molecule has 6 aromatic heterocycles. The summed E-state index contributed by atoms with van der Waals surface area (Å²) in [5, 5.41) is 1.52. The Morgan fingerprint density at radius 1 is 0.562 bits per heavy atom. The number of unbranched alkanes of at least 4 members (excludes halogenated alkanes) is 3. The monoisotopic (exact) mass is 1110 g/mol. The molecule has 14 heteroatoms. The van der Waals surface area contributed by atoms with Crippen molar-refractivity contribution < 1.29 is 0 Å². The minimum atomic E-state index is -2.21. The van der Waals surface area contributed by atoms with Gasteiger partial charge >= 0.3 is 124 Å². The molecule has 73 heavy (non-hydrogen) atoms. The van der Waals surface area contributed by atoms with Gasteiger partial charge in [0.1, 0.15) is 17.3 Å². The first-order valence-corrected chi connectivity index (χ1v) is 33.8. The molecule has 0 amide bonds. The number of benzene rings is 2. The van der Waals surface area contributed by atoms with Crippen LogP contribution in [0.25, 0.3) is 55.6 Å². The van der Waals surface area contributed by atoms with Gasteiger partial charge < -0.3 is 0 Å². The Kier molecular flexibility index (Phi) is 18.5. The summed E-state index contributed by atoms with van der Waals surface area (Å²) in [6.45, 7) is 17.2. The van der Waals surface area contributed by atoms with E-state index in [0.29, 0.717) is 23.1 Å². The molecule has 0 saturated carbocycles. The van der Waals surface area contributed by atoms with E-state index in [1.807, 2.05) is 69.9 Å². The summed E-state index contributed by atoms with van der Waals surface area (Å²) in [4.78, 5) is 61.4. The summed E-state index contributed by atoms with van der Waals surface area (Å²) in [5.74, 6) is 2.33. The Labute approximate surface area is 440 Å².